The van der Waals surface area contributed by atoms with Gasteiger partial charge in [0, 0.05) is 31.9 Å². The van der Waals surface area contributed by atoms with Crippen LogP contribution in [0.25, 0.3) is 0 Å². The van der Waals surface area contributed by atoms with E-state index in [2.05, 4.69) is 43.8 Å². The highest BCUT2D eigenvalue weighted by atomic mass is 32.2. The van der Waals surface area contributed by atoms with Crippen molar-refractivity contribution in [2.75, 3.05) is 40.7 Å². The van der Waals surface area contributed by atoms with Crippen molar-refractivity contribution >= 4 is 27.2 Å². The average Bonchev–Trinajstić information content (AvgIpc) is 2.74. The van der Waals surface area contributed by atoms with Crippen molar-refractivity contribution in [2.24, 2.45) is 0 Å². The summed E-state index contributed by atoms with van der Waals surface area (Å²) in [6.45, 7) is 9.20. The van der Waals surface area contributed by atoms with Crippen LogP contribution in [0.5, 0.6) is 0 Å². The third-order valence-electron chi connectivity index (χ3n) is 5.60. The van der Waals surface area contributed by atoms with Crippen molar-refractivity contribution in [3.8, 4) is 0 Å². The molecule has 1 N–H and O–H groups in total. The fraction of sp³-hybridized carbons (Fsp3) is 0.292. The van der Waals surface area contributed by atoms with E-state index in [1.807, 2.05) is 45.0 Å². The molecule has 2 aromatic carbocycles. The van der Waals surface area contributed by atoms with E-state index in [-0.39, 0.29) is 0 Å². The van der Waals surface area contributed by atoms with E-state index < -0.39 is 10.0 Å². The SMILES string of the molecule is Cc1cc(C)c(S(=O)(=O)Nc2ccc(N3CCN(c4ccccc4)CC3)nc2)c(C)c1. The van der Waals surface area contributed by atoms with E-state index in [0.29, 0.717) is 10.6 Å². The molecule has 0 saturated carbocycles. The Labute approximate surface area is 184 Å². The highest BCUT2D eigenvalue weighted by Crippen LogP contribution is 2.25. The second-order valence-corrected chi connectivity index (χ2v) is 9.67. The maximum atomic E-state index is 13.0. The Morgan fingerprint density at radius 2 is 1.45 bits per heavy atom. The number of rotatable bonds is 5. The van der Waals surface area contributed by atoms with Gasteiger partial charge in [-0.05, 0) is 56.2 Å². The van der Waals surface area contributed by atoms with Crippen LogP contribution in [-0.4, -0.2) is 39.6 Å². The summed E-state index contributed by atoms with van der Waals surface area (Å²) in [5, 5.41) is 0. The first-order valence-electron chi connectivity index (χ1n) is 10.5. The number of aromatic nitrogens is 1. The molecule has 1 saturated heterocycles. The summed E-state index contributed by atoms with van der Waals surface area (Å²) in [6, 6.07) is 17.8. The predicted molar refractivity (Wildman–Crippen MR) is 127 cm³/mol. The van der Waals surface area contributed by atoms with Crippen molar-refractivity contribution in [3.05, 3.63) is 77.5 Å². The predicted octanol–water partition coefficient (Wildman–Crippen LogP) is 4.13. The lowest BCUT2D eigenvalue weighted by Gasteiger charge is -2.36. The normalized spacial score (nSPS) is 14.5. The molecule has 0 amide bonds. The average molecular weight is 437 g/mol. The van der Waals surface area contributed by atoms with Crippen LogP contribution in [0.1, 0.15) is 16.7 Å². The maximum absolute atomic E-state index is 13.0. The zero-order chi connectivity index (χ0) is 22.0. The number of pyridine rings is 1. The molecule has 1 aliphatic rings. The number of anilines is 3. The van der Waals surface area contributed by atoms with Gasteiger partial charge in [-0.1, -0.05) is 35.9 Å². The van der Waals surface area contributed by atoms with Gasteiger partial charge in [0.05, 0.1) is 16.8 Å². The van der Waals surface area contributed by atoms with Crippen LogP contribution in [0.15, 0.2) is 65.7 Å². The van der Waals surface area contributed by atoms with Gasteiger partial charge in [0.1, 0.15) is 5.82 Å². The quantitative estimate of drug-likeness (QED) is 0.651. The minimum atomic E-state index is -3.68. The van der Waals surface area contributed by atoms with Crippen LogP contribution >= 0.6 is 0 Å². The summed E-state index contributed by atoms with van der Waals surface area (Å²) < 4.78 is 28.6. The Morgan fingerprint density at radius 3 is 2.03 bits per heavy atom. The molecule has 0 aliphatic carbocycles. The Morgan fingerprint density at radius 1 is 0.839 bits per heavy atom. The summed E-state index contributed by atoms with van der Waals surface area (Å²) in [5.41, 5.74) is 4.23. The molecule has 0 radical (unpaired) electrons. The van der Waals surface area contributed by atoms with Crippen molar-refractivity contribution in [1.29, 1.82) is 0 Å². The number of nitrogens with zero attached hydrogens (tertiary/aromatic N) is 3. The molecule has 162 valence electrons. The molecule has 7 heteroatoms. The monoisotopic (exact) mass is 436 g/mol. The molecule has 6 nitrogen and oxygen atoms in total. The first kappa shape index (κ1) is 21.2. The second-order valence-electron chi connectivity index (χ2n) is 8.05. The van der Waals surface area contributed by atoms with E-state index in [9.17, 15) is 8.42 Å². The first-order chi connectivity index (χ1) is 14.8. The number of hydrogen-bond donors (Lipinski definition) is 1. The zero-order valence-electron chi connectivity index (χ0n) is 18.2. The number of piperazine rings is 1. The third-order valence-corrected chi connectivity index (χ3v) is 7.28. The van der Waals surface area contributed by atoms with Gasteiger partial charge in [-0.15, -0.1) is 0 Å². The summed E-state index contributed by atoms with van der Waals surface area (Å²) in [7, 11) is -3.68. The molecular formula is C24H28N4O2S. The van der Waals surface area contributed by atoms with Crippen LogP contribution in [0, 0.1) is 20.8 Å². The Kier molecular flexibility index (Phi) is 5.87. The summed E-state index contributed by atoms with van der Waals surface area (Å²) in [6.07, 6.45) is 1.59. The molecule has 0 unspecified atom stereocenters. The smallest absolute Gasteiger partial charge is 0.262 e. The Balaban J connectivity index is 1.43. The Hall–Kier alpha value is -3.06. The molecule has 4 rings (SSSR count). The summed E-state index contributed by atoms with van der Waals surface area (Å²) >= 11 is 0. The summed E-state index contributed by atoms with van der Waals surface area (Å²) in [5.74, 6) is 0.860. The lowest BCUT2D eigenvalue weighted by atomic mass is 10.1. The lowest BCUT2D eigenvalue weighted by molar-refractivity contribution is 0.600. The van der Waals surface area contributed by atoms with E-state index in [1.165, 1.54) is 5.69 Å². The second kappa shape index (κ2) is 8.59. The van der Waals surface area contributed by atoms with Gasteiger partial charge in [-0.2, -0.15) is 0 Å². The number of hydrogen-bond acceptors (Lipinski definition) is 5. The van der Waals surface area contributed by atoms with Crippen molar-refractivity contribution in [2.45, 2.75) is 25.7 Å². The number of benzene rings is 2. The minimum absolute atomic E-state index is 0.333. The van der Waals surface area contributed by atoms with E-state index in [1.54, 1.807) is 12.3 Å². The molecular weight excluding hydrogens is 408 g/mol. The van der Waals surface area contributed by atoms with Crippen molar-refractivity contribution in [1.82, 2.24) is 4.98 Å². The molecule has 0 bridgehead atoms. The van der Waals surface area contributed by atoms with Crippen LogP contribution < -0.4 is 14.5 Å². The van der Waals surface area contributed by atoms with Gasteiger partial charge in [-0.3, -0.25) is 4.72 Å². The van der Waals surface area contributed by atoms with Gasteiger partial charge < -0.3 is 9.80 Å². The topological polar surface area (TPSA) is 65.5 Å². The van der Waals surface area contributed by atoms with Gasteiger partial charge in [-0.25, -0.2) is 13.4 Å². The third kappa shape index (κ3) is 4.66. The highest BCUT2D eigenvalue weighted by Gasteiger charge is 2.21. The van der Waals surface area contributed by atoms with Gasteiger partial charge >= 0.3 is 0 Å². The molecule has 1 aromatic heterocycles. The first-order valence-corrected chi connectivity index (χ1v) is 11.9. The number of aryl methyl sites for hydroxylation is 3. The number of nitrogens with one attached hydrogen (secondary N) is 1. The van der Waals surface area contributed by atoms with Gasteiger partial charge in [0.2, 0.25) is 0 Å². The molecule has 31 heavy (non-hydrogen) atoms. The van der Waals surface area contributed by atoms with Crippen LogP contribution in [0.3, 0.4) is 0 Å². The van der Waals surface area contributed by atoms with E-state index >= 15 is 0 Å². The standard InChI is InChI=1S/C24H28N4O2S/c1-18-15-19(2)24(20(3)16-18)31(29,30)26-21-9-10-23(25-17-21)28-13-11-27(12-14-28)22-7-5-4-6-8-22/h4-10,15-17,26H,11-14H2,1-3H3. The minimum Gasteiger partial charge on any atom is -0.368 e. The van der Waals surface area contributed by atoms with Crippen LogP contribution in [-0.2, 0) is 10.0 Å². The maximum Gasteiger partial charge on any atom is 0.262 e. The zero-order valence-corrected chi connectivity index (χ0v) is 19.0. The highest BCUT2D eigenvalue weighted by molar-refractivity contribution is 7.92. The number of sulfonamides is 1. The Bertz CT molecular complexity index is 1130. The molecule has 1 fully saturated rings. The molecule has 3 aromatic rings. The van der Waals surface area contributed by atoms with Gasteiger partial charge in [0.25, 0.3) is 10.0 Å². The van der Waals surface area contributed by atoms with Crippen LogP contribution in [0.2, 0.25) is 0 Å². The summed E-state index contributed by atoms with van der Waals surface area (Å²) in [4.78, 5) is 9.44. The fourth-order valence-corrected chi connectivity index (χ4v) is 5.76. The molecule has 0 spiro atoms. The van der Waals surface area contributed by atoms with Crippen molar-refractivity contribution in [3.63, 3.8) is 0 Å². The van der Waals surface area contributed by atoms with Gasteiger partial charge in [0.15, 0.2) is 0 Å². The van der Waals surface area contributed by atoms with Crippen LogP contribution in [0.4, 0.5) is 17.2 Å². The van der Waals surface area contributed by atoms with E-state index in [4.69, 9.17) is 0 Å². The fourth-order valence-electron chi connectivity index (χ4n) is 4.26. The molecule has 2 heterocycles. The number of para-hydroxylation sites is 1. The molecule has 0 atom stereocenters. The lowest BCUT2D eigenvalue weighted by Crippen LogP contribution is -2.46. The molecule has 1 aliphatic heterocycles. The largest absolute Gasteiger partial charge is 0.368 e. The van der Waals surface area contributed by atoms with Crippen molar-refractivity contribution < 1.29 is 8.42 Å². The van der Waals surface area contributed by atoms with E-state index in [0.717, 1.165) is 48.7 Å².